The van der Waals surface area contributed by atoms with Crippen LogP contribution >= 0.6 is 0 Å². The molecular weight excluding hydrogens is 240 g/mol. The van der Waals surface area contributed by atoms with E-state index in [0.29, 0.717) is 5.92 Å². The highest BCUT2D eigenvalue weighted by molar-refractivity contribution is 5.85. The zero-order chi connectivity index (χ0) is 13.2. The van der Waals surface area contributed by atoms with Gasteiger partial charge < -0.3 is 15.0 Å². The summed E-state index contributed by atoms with van der Waals surface area (Å²) in [5.74, 6) is 1.49. The number of aliphatic hydroxyl groups excluding tert-OH is 1. The van der Waals surface area contributed by atoms with Crippen LogP contribution < -0.4 is 5.32 Å². The molecule has 0 spiro atoms. The Morgan fingerprint density at radius 3 is 2.89 bits per heavy atom. The Balaban J connectivity index is 1.68. The molecule has 0 unspecified atom stereocenters. The molecule has 102 valence electrons. The van der Waals surface area contributed by atoms with Gasteiger partial charge in [0.2, 0.25) is 0 Å². The fourth-order valence-corrected chi connectivity index (χ4v) is 2.78. The molecule has 1 saturated carbocycles. The van der Waals surface area contributed by atoms with Crippen molar-refractivity contribution < 1.29 is 5.11 Å². The maximum absolute atomic E-state index is 9.51. The molecule has 0 amide bonds. The maximum atomic E-state index is 9.51. The molecule has 2 N–H and O–H groups in total. The van der Waals surface area contributed by atoms with Crippen LogP contribution in [-0.2, 0) is 7.05 Å². The number of nitrogens with zero attached hydrogens (tertiary/aromatic N) is 3. The van der Waals surface area contributed by atoms with E-state index < -0.39 is 0 Å². The third kappa shape index (κ3) is 2.56. The van der Waals surface area contributed by atoms with Gasteiger partial charge in [-0.15, -0.1) is 0 Å². The number of imidazole rings is 1. The molecule has 1 aliphatic rings. The summed E-state index contributed by atoms with van der Waals surface area (Å²) in [6.07, 6.45) is 7.57. The first-order valence-corrected chi connectivity index (χ1v) is 6.92. The zero-order valence-corrected chi connectivity index (χ0v) is 11.2. The Morgan fingerprint density at radius 2 is 2.11 bits per heavy atom. The van der Waals surface area contributed by atoms with E-state index in [1.165, 1.54) is 0 Å². The van der Waals surface area contributed by atoms with E-state index in [1.54, 1.807) is 0 Å². The lowest BCUT2D eigenvalue weighted by Crippen LogP contribution is -2.23. The van der Waals surface area contributed by atoms with Gasteiger partial charge in [0.15, 0.2) is 5.82 Å². The molecule has 1 aliphatic carbocycles. The lowest BCUT2D eigenvalue weighted by molar-refractivity contribution is 0.111. The van der Waals surface area contributed by atoms with Gasteiger partial charge in [-0.2, -0.15) is 0 Å². The Morgan fingerprint density at radius 1 is 1.32 bits per heavy atom. The second kappa shape index (κ2) is 5.17. The highest BCUT2D eigenvalue weighted by atomic mass is 16.3. The molecule has 5 heteroatoms. The number of pyridine rings is 1. The van der Waals surface area contributed by atoms with Gasteiger partial charge in [-0.25, -0.2) is 9.97 Å². The minimum absolute atomic E-state index is 0.0893. The predicted molar refractivity (Wildman–Crippen MR) is 75.0 cm³/mol. The second-order valence-corrected chi connectivity index (χ2v) is 5.44. The molecule has 0 aromatic carbocycles. The number of hydrogen-bond acceptors (Lipinski definition) is 4. The van der Waals surface area contributed by atoms with E-state index in [1.807, 2.05) is 30.2 Å². The Hall–Kier alpha value is -1.62. The van der Waals surface area contributed by atoms with Crippen molar-refractivity contribution in [1.29, 1.82) is 0 Å². The summed E-state index contributed by atoms with van der Waals surface area (Å²) in [5, 5.41) is 12.9. The van der Waals surface area contributed by atoms with E-state index in [4.69, 9.17) is 0 Å². The van der Waals surface area contributed by atoms with E-state index in [2.05, 4.69) is 15.3 Å². The minimum atomic E-state index is -0.0893. The summed E-state index contributed by atoms with van der Waals surface area (Å²) in [5.41, 5.74) is 2.03. The molecule has 5 nitrogen and oxygen atoms in total. The number of aliphatic hydroxyl groups is 1. The molecule has 0 atom stereocenters. The zero-order valence-electron chi connectivity index (χ0n) is 11.2. The lowest BCUT2D eigenvalue weighted by Gasteiger charge is -2.25. The monoisotopic (exact) mass is 260 g/mol. The quantitative estimate of drug-likeness (QED) is 0.885. The molecular formula is C14H20N4O. The van der Waals surface area contributed by atoms with E-state index in [-0.39, 0.29) is 6.10 Å². The largest absolute Gasteiger partial charge is 0.393 e. The first kappa shape index (κ1) is 12.4. The molecule has 0 saturated heterocycles. The van der Waals surface area contributed by atoms with Crippen LogP contribution in [0.2, 0.25) is 0 Å². The third-order valence-corrected chi connectivity index (χ3v) is 4.02. The normalized spacial score (nSPS) is 23.7. The van der Waals surface area contributed by atoms with Gasteiger partial charge in [0.25, 0.3) is 0 Å². The molecule has 0 radical (unpaired) electrons. The fourth-order valence-electron chi connectivity index (χ4n) is 2.78. The first-order chi connectivity index (χ1) is 9.24. The Bertz CT molecular complexity index is 558. The van der Waals surface area contributed by atoms with Crippen molar-refractivity contribution in [3.05, 3.63) is 18.6 Å². The molecule has 2 aromatic heterocycles. The number of aryl methyl sites for hydroxylation is 1. The van der Waals surface area contributed by atoms with Crippen LogP contribution in [0.3, 0.4) is 0 Å². The first-order valence-electron chi connectivity index (χ1n) is 6.92. The van der Waals surface area contributed by atoms with E-state index in [9.17, 15) is 5.11 Å². The molecule has 2 heterocycles. The minimum Gasteiger partial charge on any atom is -0.393 e. The summed E-state index contributed by atoms with van der Waals surface area (Å²) < 4.78 is 2.00. The van der Waals surface area contributed by atoms with E-state index >= 15 is 0 Å². The van der Waals surface area contributed by atoms with Crippen molar-refractivity contribution in [2.24, 2.45) is 13.0 Å². The number of anilines is 1. The molecule has 1 fully saturated rings. The molecule has 19 heavy (non-hydrogen) atoms. The highest BCUT2D eigenvalue weighted by Gasteiger charge is 2.19. The maximum Gasteiger partial charge on any atom is 0.154 e. The number of fused-ring (bicyclic) bond motifs is 1. The number of hydrogen-bond donors (Lipinski definition) is 2. The van der Waals surface area contributed by atoms with Gasteiger partial charge in [-0.05, 0) is 37.7 Å². The molecule has 0 aliphatic heterocycles. The van der Waals surface area contributed by atoms with Gasteiger partial charge in [-0.3, -0.25) is 0 Å². The highest BCUT2D eigenvalue weighted by Crippen LogP contribution is 2.25. The number of aromatic nitrogens is 3. The Labute approximate surface area is 112 Å². The average molecular weight is 260 g/mol. The fraction of sp³-hybridized carbons (Fsp3) is 0.571. The van der Waals surface area contributed by atoms with Crippen LogP contribution in [0.25, 0.3) is 11.0 Å². The summed E-state index contributed by atoms with van der Waals surface area (Å²) in [7, 11) is 1.99. The van der Waals surface area contributed by atoms with Gasteiger partial charge in [0.1, 0.15) is 5.52 Å². The van der Waals surface area contributed by atoms with Crippen molar-refractivity contribution in [3.63, 3.8) is 0 Å². The van der Waals surface area contributed by atoms with Gasteiger partial charge >= 0.3 is 0 Å². The number of nitrogens with one attached hydrogen (secondary N) is 1. The predicted octanol–water partition coefficient (Wildman–Crippen LogP) is 1.93. The smallest absolute Gasteiger partial charge is 0.154 e. The van der Waals surface area contributed by atoms with Crippen LogP contribution in [0.1, 0.15) is 25.7 Å². The van der Waals surface area contributed by atoms with Crippen LogP contribution in [0.15, 0.2) is 18.6 Å². The second-order valence-electron chi connectivity index (χ2n) is 5.44. The van der Waals surface area contributed by atoms with Crippen molar-refractivity contribution in [1.82, 2.24) is 14.5 Å². The standard InChI is InChI=1S/C14H20N4O/c1-18-9-17-13-12(18)6-7-15-14(13)16-8-10-2-4-11(19)5-3-10/h6-7,9-11,19H,2-5,8H2,1H3,(H,15,16). The summed E-state index contributed by atoms with van der Waals surface area (Å²) in [4.78, 5) is 8.78. The van der Waals surface area contributed by atoms with Gasteiger partial charge in [0, 0.05) is 19.8 Å². The van der Waals surface area contributed by atoms with Gasteiger partial charge in [-0.1, -0.05) is 0 Å². The third-order valence-electron chi connectivity index (χ3n) is 4.02. The van der Waals surface area contributed by atoms with Crippen molar-refractivity contribution >= 4 is 16.9 Å². The SMILES string of the molecule is Cn1cnc2c(NCC3CCC(O)CC3)nccc21. The summed E-state index contributed by atoms with van der Waals surface area (Å²) in [6, 6.07) is 1.98. The average Bonchev–Trinajstić information content (AvgIpc) is 2.81. The van der Waals surface area contributed by atoms with Crippen molar-refractivity contribution in [3.8, 4) is 0 Å². The molecule has 2 aromatic rings. The van der Waals surface area contributed by atoms with Crippen molar-refractivity contribution in [2.45, 2.75) is 31.8 Å². The van der Waals surface area contributed by atoms with Crippen LogP contribution in [0.5, 0.6) is 0 Å². The van der Waals surface area contributed by atoms with Crippen LogP contribution in [0, 0.1) is 5.92 Å². The molecule has 3 rings (SSSR count). The van der Waals surface area contributed by atoms with Gasteiger partial charge in [0.05, 0.1) is 17.9 Å². The molecule has 0 bridgehead atoms. The number of rotatable bonds is 3. The topological polar surface area (TPSA) is 63.0 Å². The Kier molecular flexibility index (Phi) is 3.38. The summed E-state index contributed by atoms with van der Waals surface area (Å²) in [6.45, 7) is 0.912. The van der Waals surface area contributed by atoms with E-state index in [0.717, 1.165) is 49.1 Å². The van der Waals surface area contributed by atoms with Crippen LogP contribution in [0.4, 0.5) is 5.82 Å². The van der Waals surface area contributed by atoms with Crippen LogP contribution in [-0.4, -0.2) is 32.3 Å². The van der Waals surface area contributed by atoms with Crippen molar-refractivity contribution in [2.75, 3.05) is 11.9 Å². The summed E-state index contributed by atoms with van der Waals surface area (Å²) >= 11 is 0. The lowest BCUT2D eigenvalue weighted by atomic mass is 9.87.